The largest absolute Gasteiger partial charge is 0.379 e. The number of imidazole rings is 1. The average molecular weight is 270 g/mol. The van der Waals surface area contributed by atoms with E-state index in [-0.39, 0.29) is 0 Å². The van der Waals surface area contributed by atoms with Crippen molar-refractivity contribution >= 4 is 17.0 Å². The Hall–Kier alpha value is -2.14. The summed E-state index contributed by atoms with van der Waals surface area (Å²) in [4.78, 5) is 11.5. The molecular formula is C14H14N4S. The number of aromatic nitrogens is 3. The lowest BCUT2D eigenvalue weighted by atomic mass is 10.1. The van der Waals surface area contributed by atoms with Gasteiger partial charge in [-0.05, 0) is 19.1 Å². The third-order valence-electron chi connectivity index (χ3n) is 2.84. The van der Waals surface area contributed by atoms with Gasteiger partial charge in [-0.2, -0.15) is 0 Å². The number of nitrogens with zero attached hydrogens (tertiary/aromatic N) is 2. The highest BCUT2D eigenvalue weighted by Crippen LogP contribution is 2.23. The molecule has 0 atom stereocenters. The van der Waals surface area contributed by atoms with Gasteiger partial charge in [0.1, 0.15) is 0 Å². The summed E-state index contributed by atoms with van der Waals surface area (Å²) in [5, 5.41) is 6.52. The van der Waals surface area contributed by atoms with E-state index in [1.807, 2.05) is 13.1 Å². The van der Waals surface area contributed by atoms with Gasteiger partial charge in [-0.25, -0.2) is 9.97 Å². The predicted octanol–water partition coefficient (Wildman–Crippen LogP) is 3.45. The molecule has 0 unspecified atom stereocenters. The quantitative estimate of drug-likeness (QED) is 0.763. The summed E-state index contributed by atoms with van der Waals surface area (Å²) < 4.78 is 0. The molecule has 3 rings (SSSR count). The van der Waals surface area contributed by atoms with Crippen molar-refractivity contribution in [1.82, 2.24) is 15.0 Å². The van der Waals surface area contributed by atoms with Crippen LogP contribution in [-0.4, -0.2) is 15.0 Å². The van der Waals surface area contributed by atoms with Gasteiger partial charge in [0.25, 0.3) is 0 Å². The average Bonchev–Trinajstić information content (AvgIpc) is 3.08. The molecule has 0 fully saturated rings. The minimum absolute atomic E-state index is 0.745. The van der Waals surface area contributed by atoms with E-state index in [0.717, 1.165) is 34.2 Å². The van der Waals surface area contributed by atoms with E-state index in [0.29, 0.717) is 0 Å². The summed E-state index contributed by atoms with van der Waals surface area (Å²) in [6.45, 7) is 2.77. The molecule has 0 spiro atoms. The third kappa shape index (κ3) is 2.82. The Bertz CT molecular complexity index is 640. The molecule has 0 aliphatic heterocycles. The Morgan fingerprint density at radius 2 is 2.11 bits per heavy atom. The first-order chi connectivity index (χ1) is 9.31. The number of H-pyrrole nitrogens is 1. The lowest BCUT2D eigenvalue weighted by molar-refractivity contribution is 1.07. The Kier molecular flexibility index (Phi) is 3.29. The van der Waals surface area contributed by atoms with Crippen LogP contribution in [-0.2, 0) is 6.54 Å². The number of rotatable bonds is 4. The maximum Gasteiger partial charge on any atom is 0.0922 e. The number of nitrogens with one attached hydrogen (secondary N) is 2. The number of aromatic amines is 1. The Morgan fingerprint density at radius 3 is 2.74 bits per heavy atom. The molecule has 2 aromatic heterocycles. The normalized spacial score (nSPS) is 10.6. The van der Waals surface area contributed by atoms with Crippen LogP contribution in [0.1, 0.15) is 10.7 Å². The standard InChI is InChI=1S/C14H14N4S/c1-10-18-14(8-19-10)11-2-4-12(5-3-11)16-7-13-6-15-9-17-13/h2-6,8-9,16H,7H2,1H3,(H,15,17). The second kappa shape index (κ2) is 5.24. The summed E-state index contributed by atoms with van der Waals surface area (Å²) in [5.41, 5.74) is 4.35. The van der Waals surface area contributed by atoms with E-state index in [1.54, 1.807) is 17.7 Å². The van der Waals surface area contributed by atoms with E-state index in [1.165, 1.54) is 0 Å². The van der Waals surface area contributed by atoms with Crippen LogP contribution in [0.4, 0.5) is 5.69 Å². The van der Waals surface area contributed by atoms with E-state index >= 15 is 0 Å². The molecule has 2 heterocycles. The number of hydrogen-bond donors (Lipinski definition) is 2. The Morgan fingerprint density at radius 1 is 1.26 bits per heavy atom. The molecule has 2 N–H and O–H groups in total. The van der Waals surface area contributed by atoms with Crippen LogP contribution in [0.15, 0.2) is 42.2 Å². The maximum absolute atomic E-state index is 4.48. The molecule has 19 heavy (non-hydrogen) atoms. The third-order valence-corrected chi connectivity index (χ3v) is 3.61. The Labute approximate surface area is 115 Å². The van der Waals surface area contributed by atoms with Crippen LogP contribution in [0.2, 0.25) is 0 Å². The van der Waals surface area contributed by atoms with Gasteiger partial charge in [0.15, 0.2) is 0 Å². The number of anilines is 1. The molecule has 0 amide bonds. The van der Waals surface area contributed by atoms with Crippen molar-refractivity contribution in [3.8, 4) is 11.3 Å². The number of thiazole rings is 1. The first kappa shape index (κ1) is 11.9. The van der Waals surface area contributed by atoms with E-state index < -0.39 is 0 Å². The molecule has 0 radical (unpaired) electrons. The molecule has 0 saturated heterocycles. The van der Waals surface area contributed by atoms with Gasteiger partial charge in [-0.15, -0.1) is 11.3 Å². The van der Waals surface area contributed by atoms with Crippen LogP contribution < -0.4 is 5.32 Å². The minimum atomic E-state index is 0.745. The maximum atomic E-state index is 4.48. The molecule has 0 aliphatic rings. The second-order valence-corrected chi connectivity index (χ2v) is 5.32. The predicted molar refractivity (Wildman–Crippen MR) is 78.2 cm³/mol. The lowest BCUT2D eigenvalue weighted by Crippen LogP contribution is -1.99. The van der Waals surface area contributed by atoms with E-state index in [9.17, 15) is 0 Å². The molecule has 1 aromatic carbocycles. The van der Waals surface area contributed by atoms with Crippen molar-refractivity contribution in [3.05, 3.63) is 52.9 Å². The van der Waals surface area contributed by atoms with Crippen LogP contribution >= 0.6 is 11.3 Å². The number of aryl methyl sites for hydroxylation is 1. The monoisotopic (exact) mass is 270 g/mol. The van der Waals surface area contributed by atoms with Gasteiger partial charge >= 0.3 is 0 Å². The van der Waals surface area contributed by atoms with Crippen molar-refractivity contribution in [2.24, 2.45) is 0 Å². The van der Waals surface area contributed by atoms with Gasteiger partial charge in [0, 0.05) is 22.8 Å². The van der Waals surface area contributed by atoms with Crippen molar-refractivity contribution in [2.45, 2.75) is 13.5 Å². The molecule has 3 aromatic rings. The van der Waals surface area contributed by atoms with Gasteiger partial charge in [0.05, 0.1) is 29.3 Å². The summed E-state index contributed by atoms with van der Waals surface area (Å²) in [6, 6.07) is 8.31. The van der Waals surface area contributed by atoms with Crippen molar-refractivity contribution in [1.29, 1.82) is 0 Å². The first-order valence-corrected chi connectivity index (χ1v) is 6.93. The smallest absolute Gasteiger partial charge is 0.0922 e. The second-order valence-electron chi connectivity index (χ2n) is 4.26. The summed E-state index contributed by atoms with van der Waals surface area (Å²) in [7, 11) is 0. The fraction of sp³-hybridized carbons (Fsp3) is 0.143. The van der Waals surface area contributed by atoms with Crippen LogP contribution in [0.5, 0.6) is 0 Å². The van der Waals surface area contributed by atoms with E-state index in [2.05, 4.69) is 49.9 Å². The highest BCUT2D eigenvalue weighted by molar-refractivity contribution is 7.09. The van der Waals surface area contributed by atoms with Gasteiger partial charge in [-0.3, -0.25) is 0 Å². The van der Waals surface area contributed by atoms with Crippen LogP contribution in [0.25, 0.3) is 11.3 Å². The van der Waals surface area contributed by atoms with Gasteiger partial charge in [0.2, 0.25) is 0 Å². The van der Waals surface area contributed by atoms with Crippen LogP contribution in [0, 0.1) is 6.92 Å². The molecule has 96 valence electrons. The molecular weight excluding hydrogens is 256 g/mol. The van der Waals surface area contributed by atoms with Crippen molar-refractivity contribution < 1.29 is 0 Å². The van der Waals surface area contributed by atoms with Crippen LogP contribution in [0.3, 0.4) is 0 Å². The summed E-state index contributed by atoms with van der Waals surface area (Å²) >= 11 is 1.67. The molecule has 0 saturated carbocycles. The number of benzene rings is 1. The fourth-order valence-electron chi connectivity index (χ4n) is 1.83. The molecule has 0 aliphatic carbocycles. The highest BCUT2D eigenvalue weighted by Gasteiger charge is 2.02. The van der Waals surface area contributed by atoms with Gasteiger partial charge in [-0.1, -0.05) is 12.1 Å². The zero-order valence-corrected chi connectivity index (χ0v) is 11.4. The SMILES string of the molecule is Cc1nc(-c2ccc(NCc3cnc[nH]3)cc2)cs1. The molecule has 0 bridgehead atoms. The topological polar surface area (TPSA) is 53.6 Å². The zero-order valence-electron chi connectivity index (χ0n) is 10.6. The van der Waals surface area contributed by atoms with Gasteiger partial charge < -0.3 is 10.3 Å². The van der Waals surface area contributed by atoms with E-state index in [4.69, 9.17) is 0 Å². The number of hydrogen-bond acceptors (Lipinski definition) is 4. The lowest BCUT2D eigenvalue weighted by Gasteiger charge is -2.05. The summed E-state index contributed by atoms with van der Waals surface area (Å²) in [5.74, 6) is 0. The first-order valence-electron chi connectivity index (χ1n) is 6.05. The fourth-order valence-corrected chi connectivity index (χ4v) is 2.46. The highest BCUT2D eigenvalue weighted by atomic mass is 32.1. The van der Waals surface area contributed by atoms with Crippen molar-refractivity contribution in [3.63, 3.8) is 0 Å². The minimum Gasteiger partial charge on any atom is -0.379 e. The molecule has 5 heteroatoms. The molecule has 4 nitrogen and oxygen atoms in total. The van der Waals surface area contributed by atoms with Crippen molar-refractivity contribution in [2.75, 3.05) is 5.32 Å². The Balaban J connectivity index is 1.69. The zero-order chi connectivity index (χ0) is 13.1. The summed E-state index contributed by atoms with van der Waals surface area (Å²) in [6.07, 6.45) is 3.50.